The minimum Gasteiger partial charge on any atom is -0.462 e. The summed E-state index contributed by atoms with van der Waals surface area (Å²) in [6.07, 6.45) is 43.7. The molecule has 0 aliphatic heterocycles. The highest BCUT2D eigenvalue weighted by molar-refractivity contribution is 7.47. The summed E-state index contributed by atoms with van der Waals surface area (Å²) in [6, 6.07) is 0. The first-order valence-corrected chi connectivity index (χ1v) is 38.0. The van der Waals surface area contributed by atoms with Crippen molar-refractivity contribution in [2.75, 3.05) is 39.6 Å². The van der Waals surface area contributed by atoms with Gasteiger partial charge in [-0.25, -0.2) is 9.13 Å². The molecule has 0 aliphatic rings. The average molecular weight is 1270 g/mol. The maximum Gasteiger partial charge on any atom is 0.472 e. The number of aliphatic hydroxyl groups excluding tert-OH is 1. The lowest BCUT2D eigenvalue weighted by Crippen LogP contribution is -2.30. The molecule has 17 nitrogen and oxygen atoms in total. The fourth-order valence-corrected chi connectivity index (χ4v) is 11.6. The van der Waals surface area contributed by atoms with Crippen LogP contribution < -0.4 is 0 Å². The number of phosphoric ester groups is 2. The van der Waals surface area contributed by atoms with E-state index in [1.165, 1.54) is 148 Å². The number of esters is 4. The molecular weight excluding hydrogens is 1140 g/mol. The number of hydrogen-bond donors (Lipinski definition) is 3. The van der Waals surface area contributed by atoms with Crippen molar-refractivity contribution in [2.45, 2.75) is 355 Å². The highest BCUT2D eigenvalue weighted by atomic mass is 31.2. The standard InChI is InChI=1S/C67H130O17P2/c1-7-9-11-13-14-15-16-21-25-28-31-38-44-50-65(70)78-56-63(83-66(71)51-45-39-32-29-26-23-20-18-17-19-22-24-27-30-36-41-47-59(3)4)58-82-86(75,76)80-54-61(68)53-79-85(73,74)81-57-62(55-77-64(69)49-43-35-12-10-8-2)84-67(72)52-46-40-34-33-37-42-48-60(5)6/h59-63,68H,7-58H2,1-6H3,(H,73,74)(H,75,76)/t61-,62+,63+/m0/s1. The zero-order valence-corrected chi connectivity index (χ0v) is 57.4. The molecule has 0 aromatic carbocycles. The Labute approximate surface area is 524 Å². The van der Waals surface area contributed by atoms with E-state index < -0.39 is 97.5 Å². The Hall–Kier alpha value is -1.94. The zero-order valence-electron chi connectivity index (χ0n) is 55.6. The number of carbonyl (C=O) groups is 4. The van der Waals surface area contributed by atoms with Gasteiger partial charge >= 0.3 is 39.5 Å². The summed E-state index contributed by atoms with van der Waals surface area (Å²) >= 11 is 0. The van der Waals surface area contributed by atoms with E-state index in [-0.39, 0.29) is 25.7 Å². The maximum absolute atomic E-state index is 13.0. The number of rotatable bonds is 66. The summed E-state index contributed by atoms with van der Waals surface area (Å²) in [5, 5.41) is 10.5. The van der Waals surface area contributed by atoms with Crippen LogP contribution in [0.1, 0.15) is 337 Å². The third-order valence-electron chi connectivity index (χ3n) is 15.5. The van der Waals surface area contributed by atoms with Crippen molar-refractivity contribution in [3.63, 3.8) is 0 Å². The molecular formula is C67H130O17P2. The van der Waals surface area contributed by atoms with Crippen molar-refractivity contribution < 1.29 is 80.2 Å². The van der Waals surface area contributed by atoms with Gasteiger partial charge in [0.25, 0.3) is 0 Å². The molecule has 3 N–H and O–H groups in total. The predicted molar refractivity (Wildman–Crippen MR) is 345 cm³/mol. The molecule has 0 radical (unpaired) electrons. The summed E-state index contributed by atoms with van der Waals surface area (Å²) in [5.74, 6) is -0.664. The summed E-state index contributed by atoms with van der Waals surface area (Å²) in [6.45, 7) is 9.37. The van der Waals surface area contributed by atoms with Gasteiger partial charge in [0.2, 0.25) is 0 Å². The van der Waals surface area contributed by atoms with Crippen LogP contribution in [0.3, 0.4) is 0 Å². The fourth-order valence-electron chi connectivity index (χ4n) is 10.1. The molecule has 0 bridgehead atoms. The summed E-state index contributed by atoms with van der Waals surface area (Å²) in [7, 11) is -9.88. The second-order valence-electron chi connectivity index (χ2n) is 25.2. The van der Waals surface area contributed by atoms with Crippen LogP contribution >= 0.6 is 15.6 Å². The van der Waals surface area contributed by atoms with E-state index in [0.717, 1.165) is 102 Å². The Morgan fingerprint density at radius 3 is 0.791 bits per heavy atom. The van der Waals surface area contributed by atoms with Gasteiger partial charge in [-0.2, -0.15) is 0 Å². The highest BCUT2D eigenvalue weighted by Gasteiger charge is 2.30. The van der Waals surface area contributed by atoms with Crippen molar-refractivity contribution in [1.29, 1.82) is 0 Å². The Balaban J connectivity index is 5.13. The normalized spacial score (nSPS) is 14.2. The molecule has 0 saturated carbocycles. The van der Waals surface area contributed by atoms with E-state index in [1.807, 2.05) is 0 Å². The smallest absolute Gasteiger partial charge is 0.462 e. The van der Waals surface area contributed by atoms with E-state index in [0.29, 0.717) is 31.6 Å². The van der Waals surface area contributed by atoms with Crippen molar-refractivity contribution in [2.24, 2.45) is 11.8 Å². The van der Waals surface area contributed by atoms with Crippen LogP contribution in [0.2, 0.25) is 0 Å². The molecule has 0 heterocycles. The molecule has 0 aromatic rings. The first-order valence-electron chi connectivity index (χ1n) is 35.0. The van der Waals surface area contributed by atoms with E-state index >= 15 is 0 Å². The number of hydrogen-bond acceptors (Lipinski definition) is 15. The molecule has 510 valence electrons. The highest BCUT2D eigenvalue weighted by Crippen LogP contribution is 2.45. The van der Waals surface area contributed by atoms with E-state index in [2.05, 4.69) is 41.5 Å². The minimum atomic E-state index is -4.95. The Bertz CT molecular complexity index is 1680. The second kappa shape index (κ2) is 59.4. The number of aliphatic hydroxyl groups is 1. The van der Waals surface area contributed by atoms with Crippen LogP contribution in [0, 0.1) is 11.8 Å². The van der Waals surface area contributed by atoms with Crippen molar-refractivity contribution in [3.8, 4) is 0 Å². The van der Waals surface area contributed by atoms with Crippen LogP contribution in [0.25, 0.3) is 0 Å². The third kappa shape index (κ3) is 60.9. The first-order chi connectivity index (χ1) is 41.4. The van der Waals surface area contributed by atoms with Gasteiger partial charge in [-0.1, -0.05) is 286 Å². The molecule has 0 saturated heterocycles. The molecule has 0 aromatic heterocycles. The predicted octanol–water partition coefficient (Wildman–Crippen LogP) is 18.8. The number of carbonyl (C=O) groups excluding carboxylic acids is 4. The largest absolute Gasteiger partial charge is 0.472 e. The Morgan fingerprint density at radius 1 is 0.314 bits per heavy atom. The van der Waals surface area contributed by atoms with Crippen molar-refractivity contribution in [1.82, 2.24) is 0 Å². The molecule has 0 aliphatic carbocycles. The van der Waals surface area contributed by atoms with Crippen LogP contribution in [0.5, 0.6) is 0 Å². The minimum absolute atomic E-state index is 0.101. The van der Waals surface area contributed by atoms with Gasteiger partial charge < -0.3 is 33.8 Å². The van der Waals surface area contributed by atoms with E-state index in [9.17, 15) is 43.2 Å². The lowest BCUT2D eigenvalue weighted by molar-refractivity contribution is -0.161. The molecule has 5 atom stereocenters. The van der Waals surface area contributed by atoms with Crippen LogP contribution in [-0.4, -0.2) is 96.7 Å². The van der Waals surface area contributed by atoms with Gasteiger partial charge in [-0.3, -0.25) is 37.3 Å². The fraction of sp³-hybridized carbons (Fsp3) is 0.940. The van der Waals surface area contributed by atoms with Gasteiger partial charge in [0.05, 0.1) is 26.4 Å². The SMILES string of the molecule is CCCCCCCCCCCCCCCC(=O)OC[C@H](COP(=O)(O)OC[C@@H](O)COP(=O)(O)OC[C@@H](COC(=O)CCCCCCC)OC(=O)CCCCCCCCC(C)C)OC(=O)CCCCCCCCCCCCCCCCCCC(C)C. The number of ether oxygens (including phenoxy) is 4. The van der Waals surface area contributed by atoms with E-state index in [4.69, 9.17) is 37.0 Å². The Morgan fingerprint density at radius 2 is 0.535 bits per heavy atom. The monoisotopic (exact) mass is 1270 g/mol. The summed E-state index contributed by atoms with van der Waals surface area (Å²) < 4.78 is 67.9. The van der Waals surface area contributed by atoms with Crippen molar-refractivity contribution >= 4 is 39.5 Å². The lowest BCUT2D eigenvalue weighted by atomic mass is 10.0. The van der Waals surface area contributed by atoms with Gasteiger partial charge in [0.15, 0.2) is 12.2 Å². The molecule has 86 heavy (non-hydrogen) atoms. The molecule has 2 unspecified atom stereocenters. The van der Waals surface area contributed by atoms with Crippen LogP contribution in [0.4, 0.5) is 0 Å². The molecule has 0 amide bonds. The number of phosphoric acid groups is 2. The van der Waals surface area contributed by atoms with Crippen LogP contribution in [0.15, 0.2) is 0 Å². The summed E-state index contributed by atoms with van der Waals surface area (Å²) in [5.41, 5.74) is 0. The lowest BCUT2D eigenvalue weighted by Gasteiger charge is -2.21. The topological polar surface area (TPSA) is 237 Å². The molecule has 0 spiro atoms. The molecule has 0 fully saturated rings. The van der Waals surface area contributed by atoms with Crippen LogP contribution in [-0.2, 0) is 65.4 Å². The van der Waals surface area contributed by atoms with Gasteiger partial charge in [0, 0.05) is 25.7 Å². The first kappa shape index (κ1) is 84.1. The Kier molecular flexibility index (Phi) is 58.0. The van der Waals surface area contributed by atoms with Gasteiger partial charge in [-0.15, -0.1) is 0 Å². The average Bonchev–Trinajstić information content (AvgIpc) is 3.65. The maximum atomic E-state index is 13.0. The quantitative estimate of drug-likeness (QED) is 0.0222. The van der Waals surface area contributed by atoms with E-state index in [1.54, 1.807) is 0 Å². The van der Waals surface area contributed by atoms with Gasteiger partial charge in [-0.05, 0) is 37.5 Å². The number of unbranched alkanes of at least 4 members (excludes halogenated alkanes) is 36. The summed E-state index contributed by atoms with van der Waals surface area (Å²) in [4.78, 5) is 72.0. The molecule has 0 rings (SSSR count). The third-order valence-corrected chi connectivity index (χ3v) is 17.4. The van der Waals surface area contributed by atoms with Gasteiger partial charge in [0.1, 0.15) is 19.3 Å². The second-order valence-corrected chi connectivity index (χ2v) is 28.1. The zero-order chi connectivity index (χ0) is 63.6. The van der Waals surface area contributed by atoms with Crippen molar-refractivity contribution in [3.05, 3.63) is 0 Å². The molecule has 19 heteroatoms.